The van der Waals surface area contributed by atoms with Crippen molar-refractivity contribution in [3.63, 3.8) is 0 Å². The van der Waals surface area contributed by atoms with Gasteiger partial charge in [0.1, 0.15) is 5.60 Å². The van der Waals surface area contributed by atoms with Crippen LogP contribution in [-0.2, 0) is 19.1 Å². The molecular formula is C26H31ClN4O4S. The van der Waals surface area contributed by atoms with Crippen LogP contribution in [0.25, 0.3) is 0 Å². The number of esters is 1. The number of carbonyl (C=O) groups excluding carboxylic acids is 3. The van der Waals surface area contributed by atoms with Crippen molar-refractivity contribution < 1.29 is 19.1 Å². The minimum atomic E-state index is -0.677. The standard InChI is InChI=1S/C26H31ClN4O4S/c1-16-22(24(34)35-26(3,4)5)23(18-7-6-8-19(27)13-18)31-20(15-36-25(31)28-16)14-21(33)30-11-9-29(10-12-30)17(2)32/h6-8,13,15,23H,9-12,14H2,1-5H3. The molecule has 4 rings (SSSR count). The third-order valence-corrected chi connectivity index (χ3v) is 7.32. The molecule has 192 valence electrons. The van der Waals surface area contributed by atoms with Crippen molar-refractivity contribution in [1.82, 2.24) is 14.7 Å². The van der Waals surface area contributed by atoms with Crippen LogP contribution in [0.3, 0.4) is 0 Å². The van der Waals surface area contributed by atoms with Gasteiger partial charge in [-0.2, -0.15) is 0 Å². The van der Waals surface area contributed by atoms with Crippen molar-refractivity contribution in [2.24, 2.45) is 4.99 Å². The molecule has 10 heteroatoms. The molecule has 0 radical (unpaired) electrons. The maximum absolute atomic E-state index is 13.4. The predicted octanol–water partition coefficient (Wildman–Crippen LogP) is 4.34. The number of piperazine rings is 1. The van der Waals surface area contributed by atoms with Gasteiger partial charge in [-0.15, -0.1) is 0 Å². The van der Waals surface area contributed by atoms with Gasteiger partial charge in [-0.3, -0.25) is 9.59 Å². The number of hydrogen-bond donors (Lipinski definition) is 0. The second kappa shape index (κ2) is 10.3. The number of ether oxygens (including phenoxy) is 1. The van der Waals surface area contributed by atoms with Crippen LogP contribution in [0.4, 0.5) is 0 Å². The van der Waals surface area contributed by atoms with Gasteiger partial charge in [-0.05, 0) is 50.8 Å². The van der Waals surface area contributed by atoms with Gasteiger partial charge in [-0.25, -0.2) is 9.79 Å². The molecule has 1 atom stereocenters. The topological polar surface area (TPSA) is 82.5 Å². The van der Waals surface area contributed by atoms with Crippen LogP contribution in [-0.4, -0.2) is 69.4 Å². The highest BCUT2D eigenvalue weighted by Crippen LogP contribution is 2.45. The lowest BCUT2D eigenvalue weighted by Gasteiger charge is -2.38. The number of aliphatic imine (C=N–C) groups is 1. The average molecular weight is 531 g/mol. The van der Waals surface area contributed by atoms with E-state index in [0.29, 0.717) is 47.6 Å². The molecule has 1 aromatic carbocycles. The molecular weight excluding hydrogens is 500 g/mol. The van der Waals surface area contributed by atoms with Crippen molar-refractivity contribution >= 4 is 46.3 Å². The Morgan fingerprint density at radius 2 is 1.81 bits per heavy atom. The smallest absolute Gasteiger partial charge is 0.338 e. The van der Waals surface area contributed by atoms with Crippen LogP contribution in [0.15, 0.2) is 51.6 Å². The molecule has 1 unspecified atom stereocenters. The number of halogens is 1. The second-order valence-corrected chi connectivity index (χ2v) is 11.3. The molecule has 2 amide bonds. The maximum atomic E-state index is 13.4. The van der Waals surface area contributed by atoms with Gasteiger partial charge in [0.25, 0.3) is 0 Å². The van der Waals surface area contributed by atoms with E-state index in [1.165, 1.54) is 11.8 Å². The molecule has 3 heterocycles. The van der Waals surface area contributed by atoms with E-state index in [1.807, 2.05) is 49.3 Å². The lowest BCUT2D eigenvalue weighted by molar-refractivity contribution is -0.150. The quantitative estimate of drug-likeness (QED) is 0.539. The summed E-state index contributed by atoms with van der Waals surface area (Å²) in [5.74, 6) is -0.454. The number of fused-ring (bicyclic) bond motifs is 1. The van der Waals surface area contributed by atoms with E-state index >= 15 is 0 Å². The molecule has 0 bridgehead atoms. The number of carbonyl (C=O) groups is 3. The van der Waals surface area contributed by atoms with E-state index in [1.54, 1.807) is 29.7 Å². The Labute approximate surface area is 221 Å². The third kappa shape index (κ3) is 5.62. The zero-order valence-corrected chi connectivity index (χ0v) is 22.8. The number of thioether (sulfide) groups is 1. The molecule has 0 aliphatic carbocycles. The monoisotopic (exact) mass is 530 g/mol. The van der Waals surface area contributed by atoms with Gasteiger partial charge in [0.05, 0.1) is 23.7 Å². The molecule has 1 aromatic rings. The molecule has 3 aliphatic heterocycles. The number of rotatable bonds is 4. The Kier molecular flexibility index (Phi) is 7.52. The van der Waals surface area contributed by atoms with E-state index < -0.39 is 17.6 Å². The summed E-state index contributed by atoms with van der Waals surface area (Å²) < 4.78 is 5.76. The van der Waals surface area contributed by atoms with E-state index in [9.17, 15) is 14.4 Å². The van der Waals surface area contributed by atoms with Crippen molar-refractivity contribution in [3.05, 3.63) is 57.2 Å². The van der Waals surface area contributed by atoms with Crippen LogP contribution >= 0.6 is 23.4 Å². The fourth-order valence-corrected chi connectivity index (χ4v) is 5.66. The highest BCUT2D eigenvalue weighted by atomic mass is 35.5. The van der Waals surface area contributed by atoms with Gasteiger partial charge < -0.3 is 19.4 Å². The first-order valence-electron chi connectivity index (χ1n) is 11.9. The molecule has 36 heavy (non-hydrogen) atoms. The summed E-state index contributed by atoms with van der Waals surface area (Å²) in [4.78, 5) is 48.5. The number of benzene rings is 1. The highest BCUT2D eigenvalue weighted by Gasteiger charge is 2.42. The van der Waals surface area contributed by atoms with Gasteiger partial charge in [0, 0.05) is 43.8 Å². The molecule has 0 spiro atoms. The van der Waals surface area contributed by atoms with Crippen molar-refractivity contribution in [1.29, 1.82) is 0 Å². The van der Waals surface area contributed by atoms with E-state index in [-0.39, 0.29) is 18.2 Å². The number of allylic oxidation sites excluding steroid dienone is 1. The van der Waals surface area contributed by atoms with E-state index in [4.69, 9.17) is 21.3 Å². The summed E-state index contributed by atoms with van der Waals surface area (Å²) in [5.41, 5.74) is 1.90. The fraction of sp³-hybridized carbons (Fsp3) is 0.462. The minimum Gasteiger partial charge on any atom is -0.456 e. The Hall–Kier alpha value is -2.78. The summed E-state index contributed by atoms with van der Waals surface area (Å²) in [6.45, 7) is 10.9. The summed E-state index contributed by atoms with van der Waals surface area (Å²) in [6.07, 6.45) is 0.157. The number of nitrogens with zero attached hydrogens (tertiary/aromatic N) is 4. The zero-order valence-electron chi connectivity index (χ0n) is 21.2. The van der Waals surface area contributed by atoms with E-state index in [2.05, 4.69) is 0 Å². The SMILES string of the molecule is CC(=O)N1CCN(C(=O)CC2=CSC3=NC(C)=C(C(=O)OC(C)(C)C)C(c4cccc(Cl)c4)N23)CC1. The van der Waals surface area contributed by atoms with Gasteiger partial charge >= 0.3 is 5.97 Å². The Bertz CT molecular complexity index is 1180. The predicted molar refractivity (Wildman–Crippen MR) is 141 cm³/mol. The van der Waals surface area contributed by atoms with Crippen LogP contribution in [0.5, 0.6) is 0 Å². The molecule has 0 N–H and O–H groups in total. The molecule has 1 saturated heterocycles. The Morgan fingerprint density at radius 3 is 2.42 bits per heavy atom. The Morgan fingerprint density at radius 1 is 1.14 bits per heavy atom. The largest absolute Gasteiger partial charge is 0.456 e. The first-order chi connectivity index (χ1) is 16.9. The van der Waals surface area contributed by atoms with Crippen molar-refractivity contribution in [3.8, 4) is 0 Å². The lowest BCUT2D eigenvalue weighted by Crippen LogP contribution is -2.50. The second-order valence-electron chi connectivity index (χ2n) is 10.0. The summed E-state index contributed by atoms with van der Waals surface area (Å²) in [7, 11) is 0. The van der Waals surface area contributed by atoms with Crippen LogP contribution in [0.1, 0.15) is 52.6 Å². The van der Waals surface area contributed by atoms with Gasteiger partial charge in [-0.1, -0.05) is 35.5 Å². The molecule has 1 fully saturated rings. The summed E-state index contributed by atoms with van der Waals surface area (Å²) in [5, 5.41) is 3.18. The average Bonchev–Trinajstić information content (AvgIpc) is 3.18. The zero-order chi connectivity index (χ0) is 26.2. The van der Waals surface area contributed by atoms with Crippen LogP contribution in [0.2, 0.25) is 5.02 Å². The van der Waals surface area contributed by atoms with E-state index in [0.717, 1.165) is 11.3 Å². The third-order valence-electron chi connectivity index (χ3n) is 6.19. The first-order valence-corrected chi connectivity index (χ1v) is 13.2. The molecule has 8 nitrogen and oxygen atoms in total. The molecule has 0 saturated carbocycles. The summed E-state index contributed by atoms with van der Waals surface area (Å²) in [6, 6.07) is 6.84. The Balaban J connectivity index is 1.63. The molecule has 3 aliphatic rings. The molecule has 0 aromatic heterocycles. The van der Waals surface area contributed by atoms with Crippen molar-refractivity contribution in [2.45, 2.75) is 52.7 Å². The summed E-state index contributed by atoms with van der Waals surface area (Å²) >= 11 is 7.78. The number of hydrogen-bond acceptors (Lipinski definition) is 7. The number of amidine groups is 1. The highest BCUT2D eigenvalue weighted by molar-refractivity contribution is 8.16. The first kappa shape index (κ1) is 26.3. The van der Waals surface area contributed by atoms with Gasteiger partial charge in [0.2, 0.25) is 11.8 Å². The van der Waals surface area contributed by atoms with Gasteiger partial charge in [0.15, 0.2) is 5.17 Å². The fourth-order valence-electron chi connectivity index (χ4n) is 4.49. The minimum absolute atomic E-state index is 0.0207. The van der Waals surface area contributed by atoms with Crippen LogP contribution < -0.4 is 0 Å². The lowest BCUT2D eigenvalue weighted by atomic mass is 9.93. The van der Waals surface area contributed by atoms with Crippen molar-refractivity contribution in [2.75, 3.05) is 26.2 Å². The van der Waals surface area contributed by atoms with Crippen LogP contribution in [0, 0.1) is 0 Å². The maximum Gasteiger partial charge on any atom is 0.338 e. The normalized spacial score (nSPS) is 20.2. The number of amides is 2.